The van der Waals surface area contributed by atoms with Gasteiger partial charge in [-0.25, -0.2) is 13.4 Å². The Morgan fingerprint density at radius 3 is 2.41 bits per heavy atom. The number of nitrogens with one attached hydrogen (secondary N) is 2. The standard InChI is InChI=1S/C16H17N3O6S2/c1-10-9-26-16(18-10)19-14(21)8-25-15(22)7-17-27(23,24)13-5-3-12(4-6-13)11(2)20/h3-6,9,17H,7-8H2,1-2H3,(H,18,19,21). The smallest absolute Gasteiger partial charge is 0.321 e. The van der Waals surface area contributed by atoms with Crippen molar-refractivity contribution in [2.24, 2.45) is 0 Å². The Bertz CT molecular complexity index is 951. The summed E-state index contributed by atoms with van der Waals surface area (Å²) in [6.07, 6.45) is 0. The summed E-state index contributed by atoms with van der Waals surface area (Å²) in [5.74, 6) is -1.69. The summed E-state index contributed by atoms with van der Waals surface area (Å²) in [6, 6.07) is 5.27. The molecular weight excluding hydrogens is 394 g/mol. The largest absolute Gasteiger partial charge is 0.455 e. The quantitative estimate of drug-likeness (QED) is 0.491. The lowest BCUT2D eigenvalue weighted by molar-refractivity contribution is -0.146. The number of Topliss-reactive ketones (excluding diaryl/α,β-unsaturated/α-hetero) is 1. The molecule has 0 aliphatic carbocycles. The monoisotopic (exact) mass is 411 g/mol. The molecule has 0 saturated carbocycles. The lowest BCUT2D eigenvalue weighted by Crippen LogP contribution is -2.32. The number of carbonyl (C=O) groups excluding carboxylic acids is 3. The molecule has 1 heterocycles. The molecule has 0 fully saturated rings. The molecule has 0 bridgehead atoms. The molecule has 0 aliphatic heterocycles. The van der Waals surface area contributed by atoms with E-state index in [9.17, 15) is 22.8 Å². The highest BCUT2D eigenvalue weighted by atomic mass is 32.2. The molecule has 0 radical (unpaired) electrons. The zero-order valence-electron chi connectivity index (χ0n) is 14.5. The van der Waals surface area contributed by atoms with Crippen LogP contribution in [0.1, 0.15) is 23.0 Å². The van der Waals surface area contributed by atoms with Crippen LogP contribution in [0.3, 0.4) is 0 Å². The second-order valence-electron chi connectivity index (χ2n) is 5.41. The van der Waals surface area contributed by atoms with Crippen LogP contribution in [0.15, 0.2) is 34.5 Å². The number of amides is 1. The molecule has 0 unspecified atom stereocenters. The summed E-state index contributed by atoms with van der Waals surface area (Å²) < 4.78 is 31.0. The van der Waals surface area contributed by atoms with Gasteiger partial charge in [0.2, 0.25) is 10.0 Å². The highest BCUT2D eigenvalue weighted by molar-refractivity contribution is 7.89. The first-order valence-electron chi connectivity index (χ1n) is 7.65. The molecule has 144 valence electrons. The van der Waals surface area contributed by atoms with Gasteiger partial charge < -0.3 is 4.74 Å². The maximum atomic E-state index is 12.1. The molecule has 27 heavy (non-hydrogen) atoms. The second kappa shape index (κ2) is 8.84. The van der Waals surface area contributed by atoms with E-state index in [1.165, 1.54) is 42.5 Å². The van der Waals surface area contributed by atoms with Gasteiger partial charge in [0.1, 0.15) is 6.54 Å². The third-order valence-electron chi connectivity index (χ3n) is 3.21. The van der Waals surface area contributed by atoms with Crippen LogP contribution >= 0.6 is 11.3 Å². The Hall–Kier alpha value is -2.63. The first kappa shape index (κ1) is 20.7. The topological polar surface area (TPSA) is 132 Å². The van der Waals surface area contributed by atoms with Crippen LogP contribution in [0, 0.1) is 6.92 Å². The Morgan fingerprint density at radius 1 is 1.19 bits per heavy atom. The van der Waals surface area contributed by atoms with E-state index in [0.29, 0.717) is 10.7 Å². The van der Waals surface area contributed by atoms with E-state index in [2.05, 4.69) is 15.0 Å². The molecule has 0 atom stereocenters. The summed E-state index contributed by atoms with van der Waals surface area (Å²) >= 11 is 1.23. The van der Waals surface area contributed by atoms with Crippen molar-refractivity contribution in [3.05, 3.63) is 40.9 Å². The summed E-state index contributed by atoms with van der Waals surface area (Å²) in [5, 5.41) is 4.58. The molecule has 0 aliphatic rings. The van der Waals surface area contributed by atoms with Crippen LogP contribution in [0.2, 0.25) is 0 Å². The molecular formula is C16H17N3O6S2. The minimum absolute atomic E-state index is 0.0998. The molecule has 1 aromatic heterocycles. The molecule has 2 rings (SSSR count). The van der Waals surface area contributed by atoms with E-state index >= 15 is 0 Å². The predicted octanol–water partition coefficient (Wildman–Crippen LogP) is 1.11. The lowest BCUT2D eigenvalue weighted by Gasteiger charge is -2.08. The van der Waals surface area contributed by atoms with Gasteiger partial charge in [0.05, 0.1) is 10.6 Å². The average molecular weight is 411 g/mol. The van der Waals surface area contributed by atoms with Crippen molar-refractivity contribution < 1.29 is 27.5 Å². The summed E-state index contributed by atoms with van der Waals surface area (Å²) in [6.45, 7) is 1.93. The van der Waals surface area contributed by atoms with E-state index in [-0.39, 0.29) is 10.7 Å². The minimum atomic E-state index is -3.95. The zero-order valence-corrected chi connectivity index (χ0v) is 16.1. The van der Waals surface area contributed by atoms with Gasteiger partial charge in [0.15, 0.2) is 17.5 Å². The lowest BCUT2D eigenvalue weighted by atomic mass is 10.2. The van der Waals surface area contributed by atoms with Gasteiger partial charge in [0, 0.05) is 10.9 Å². The highest BCUT2D eigenvalue weighted by Gasteiger charge is 2.17. The van der Waals surface area contributed by atoms with Crippen molar-refractivity contribution >= 4 is 44.2 Å². The molecule has 11 heteroatoms. The maximum Gasteiger partial charge on any atom is 0.321 e. The molecule has 9 nitrogen and oxygen atoms in total. The van der Waals surface area contributed by atoms with Gasteiger partial charge in [-0.1, -0.05) is 12.1 Å². The van der Waals surface area contributed by atoms with Crippen LogP contribution in [0.25, 0.3) is 0 Å². The van der Waals surface area contributed by atoms with Crippen LogP contribution in [-0.2, 0) is 24.3 Å². The maximum absolute atomic E-state index is 12.1. The molecule has 2 N–H and O–H groups in total. The number of esters is 1. The number of hydrogen-bond donors (Lipinski definition) is 2. The Balaban J connectivity index is 1.81. The molecule has 1 amide bonds. The number of rotatable bonds is 8. The second-order valence-corrected chi connectivity index (χ2v) is 8.03. The average Bonchev–Trinajstić information content (AvgIpc) is 3.03. The number of thiazole rings is 1. The number of nitrogens with zero attached hydrogens (tertiary/aromatic N) is 1. The van der Waals surface area contributed by atoms with Gasteiger partial charge in [-0.15, -0.1) is 11.3 Å². The predicted molar refractivity (Wildman–Crippen MR) is 98.1 cm³/mol. The van der Waals surface area contributed by atoms with E-state index < -0.39 is 35.1 Å². The van der Waals surface area contributed by atoms with Crippen molar-refractivity contribution in [3.63, 3.8) is 0 Å². The zero-order chi connectivity index (χ0) is 20.0. The Morgan fingerprint density at radius 2 is 1.85 bits per heavy atom. The van der Waals surface area contributed by atoms with Gasteiger partial charge in [-0.2, -0.15) is 4.72 Å². The van der Waals surface area contributed by atoms with Crippen LogP contribution in [0.4, 0.5) is 5.13 Å². The number of sulfonamides is 1. The SMILES string of the molecule is CC(=O)c1ccc(S(=O)(=O)NCC(=O)OCC(=O)Nc2nc(C)cs2)cc1. The summed E-state index contributed by atoms with van der Waals surface area (Å²) in [5.41, 5.74) is 1.12. The van der Waals surface area contributed by atoms with Crippen LogP contribution < -0.4 is 10.0 Å². The fourth-order valence-electron chi connectivity index (χ4n) is 1.87. The first-order chi connectivity index (χ1) is 12.7. The number of carbonyl (C=O) groups is 3. The van der Waals surface area contributed by atoms with Crippen molar-refractivity contribution in [2.75, 3.05) is 18.5 Å². The van der Waals surface area contributed by atoms with E-state index in [1.807, 2.05) is 0 Å². The first-order valence-corrected chi connectivity index (χ1v) is 10.0. The van der Waals surface area contributed by atoms with E-state index in [4.69, 9.17) is 4.74 Å². The number of ether oxygens (including phenoxy) is 1. The molecule has 0 spiro atoms. The fraction of sp³-hybridized carbons (Fsp3) is 0.250. The van der Waals surface area contributed by atoms with Gasteiger partial charge >= 0.3 is 5.97 Å². The normalized spacial score (nSPS) is 11.0. The third-order valence-corrected chi connectivity index (χ3v) is 5.50. The highest BCUT2D eigenvalue weighted by Crippen LogP contribution is 2.14. The van der Waals surface area contributed by atoms with Crippen molar-refractivity contribution in [1.82, 2.24) is 9.71 Å². The van der Waals surface area contributed by atoms with Gasteiger partial charge in [0.25, 0.3) is 5.91 Å². The summed E-state index contributed by atoms with van der Waals surface area (Å²) in [4.78, 5) is 38.4. The van der Waals surface area contributed by atoms with Crippen LogP contribution in [-0.4, -0.2) is 44.2 Å². The van der Waals surface area contributed by atoms with Crippen LogP contribution in [0.5, 0.6) is 0 Å². The third kappa shape index (κ3) is 6.24. The summed E-state index contributed by atoms with van der Waals surface area (Å²) in [7, 11) is -3.95. The van der Waals surface area contributed by atoms with Crippen molar-refractivity contribution in [3.8, 4) is 0 Å². The van der Waals surface area contributed by atoms with Gasteiger partial charge in [-0.05, 0) is 26.0 Å². The Kier molecular flexibility index (Phi) is 6.77. The molecule has 1 aromatic carbocycles. The number of hydrogen-bond acceptors (Lipinski definition) is 8. The Labute approximate surface area is 159 Å². The van der Waals surface area contributed by atoms with Crippen molar-refractivity contribution in [1.29, 1.82) is 0 Å². The number of anilines is 1. The number of aryl methyl sites for hydroxylation is 1. The van der Waals surface area contributed by atoms with Crippen molar-refractivity contribution in [2.45, 2.75) is 18.7 Å². The fourth-order valence-corrected chi connectivity index (χ4v) is 3.54. The number of aromatic nitrogens is 1. The molecule has 0 saturated heterocycles. The van der Waals surface area contributed by atoms with Gasteiger partial charge in [-0.3, -0.25) is 19.7 Å². The van der Waals surface area contributed by atoms with E-state index in [0.717, 1.165) is 5.69 Å². The number of ketones is 1. The molecule has 2 aromatic rings. The number of benzene rings is 1. The van der Waals surface area contributed by atoms with E-state index in [1.54, 1.807) is 12.3 Å². The minimum Gasteiger partial charge on any atom is -0.455 e.